The summed E-state index contributed by atoms with van der Waals surface area (Å²) in [5, 5.41) is 13.1. The number of carbonyl (C=O) groups excluding carboxylic acids is 3. The number of ketones is 1. The minimum Gasteiger partial charge on any atom is -0.493 e. The van der Waals surface area contributed by atoms with E-state index >= 15 is 0 Å². The zero-order chi connectivity index (χ0) is 24.2. The largest absolute Gasteiger partial charge is 0.493 e. The lowest BCUT2D eigenvalue weighted by molar-refractivity contribution is -0.134. The minimum atomic E-state index is -1.08. The second-order valence-electron chi connectivity index (χ2n) is 8.11. The Morgan fingerprint density at radius 3 is 2.41 bits per heavy atom. The number of furan rings is 1. The van der Waals surface area contributed by atoms with Gasteiger partial charge in [-0.1, -0.05) is 12.1 Å². The van der Waals surface area contributed by atoms with Crippen LogP contribution in [0.15, 0.2) is 52.9 Å². The molecule has 0 saturated carbocycles. The molecule has 1 atom stereocenters. The number of Topliss-reactive ketones (excluding diaryl/α,β-unsaturated/α-hetero) is 1. The number of hydrogen-bond donors (Lipinski definition) is 2. The molecule has 2 aromatic carbocycles. The lowest BCUT2D eigenvalue weighted by Crippen LogP contribution is -2.56. The van der Waals surface area contributed by atoms with Crippen LogP contribution in [0.25, 0.3) is 11.0 Å². The maximum atomic E-state index is 13.0. The number of carbonyl (C=O) groups is 3. The number of hydrogen-bond acceptors (Lipinski definition) is 7. The maximum Gasteiger partial charge on any atom is 0.287 e. The Hall–Kier alpha value is -3.85. The monoisotopic (exact) mass is 465 g/mol. The molecule has 1 aromatic heterocycles. The second-order valence-corrected chi connectivity index (χ2v) is 8.11. The smallest absolute Gasteiger partial charge is 0.287 e. The molecule has 3 aromatic rings. The first-order valence-electron chi connectivity index (χ1n) is 11.0. The summed E-state index contributed by atoms with van der Waals surface area (Å²) in [6, 6.07) is 13.2. The lowest BCUT2D eigenvalue weighted by Gasteiger charge is -2.37. The second kappa shape index (κ2) is 9.96. The van der Waals surface area contributed by atoms with Gasteiger partial charge in [-0.25, -0.2) is 0 Å². The van der Waals surface area contributed by atoms with E-state index in [0.29, 0.717) is 48.5 Å². The first-order chi connectivity index (χ1) is 16.4. The molecule has 9 heteroatoms. The summed E-state index contributed by atoms with van der Waals surface area (Å²) >= 11 is 0. The van der Waals surface area contributed by atoms with E-state index in [2.05, 4.69) is 10.2 Å². The SMILES string of the molecule is COc1cccc2cc(C(=O)N[C@@H](CO)C(=O)N3CCN(c4ccc(C(C)=O)cc4)CC3)oc12. The number of piperazine rings is 1. The van der Waals surface area contributed by atoms with Crippen LogP contribution in [0.4, 0.5) is 5.69 Å². The summed E-state index contributed by atoms with van der Waals surface area (Å²) in [6.45, 7) is 3.09. The first kappa shape index (κ1) is 23.3. The number of benzene rings is 2. The van der Waals surface area contributed by atoms with Gasteiger partial charge in [-0.05, 0) is 43.3 Å². The van der Waals surface area contributed by atoms with Gasteiger partial charge >= 0.3 is 0 Å². The predicted octanol–water partition coefficient (Wildman–Crippen LogP) is 2.08. The number of rotatable bonds is 7. The number of amides is 2. The molecule has 0 bridgehead atoms. The van der Waals surface area contributed by atoms with Crippen LogP contribution in [0.2, 0.25) is 0 Å². The summed E-state index contributed by atoms with van der Waals surface area (Å²) in [4.78, 5) is 40.9. The molecule has 1 aliphatic heterocycles. The van der Waals surface area contributed by atoms with Crippen molar-refractivity contribution in [2.45, 2.75) is 13.0 Å². The minimum absolute atomic E-state index is 0.0147. The topological polar surface area (TPSA) is 112 Å². The van der Waals surface area contributed by atoms with E-state index in [4.69, 9.17) is 9.15 Å². The van der Waals surface area contributed by atoms with Crippen molar-refractivity contribution in [3.05, 3.63) is 59.9 Å². The highest BCUT2D eigenvalue weighted by Crippen LogP contribution is 2.28. The van der Waals surface area contributed by atoms with E-state index in [0.717, 1.165) is 5.69 Å². The molecule has 1 saturated heterocycles. The van der Waals surface area contributed by atoms with Gasteiger partial charge < -0.3 is 29.4 Å². The number of aliphatic hydroxyl groups excluding tert-OH is 1. The van der Waals surface area contributed by atoms with Crippen LogP contribution in [-0.4, -0.2) is 73.5 Å². The Labute approximate surface area is 196 Å². The predicted molar refractivity (Wildman–Crippen MR) is 126 cm³/mol. The fourth-order valence-corrected chi connectivity index (χ4v) is 4.04. The average molecular weight is 466 g/mol. The fraction of sp³-hybridized carbons (Fsp3) is 0.320. The fourth-order valence-electron chi connectivity index (χ4n) is 4.04. The van der Waals surface area contributed by atoms with Crippen LogP contribution in [-0.2, 0) is 4.79 Å². The summed E-state index contributed by atoms with van der Waals surface area (Å²) < 4.78 is 10.9. The van der Waals surface area contributed by atoms with Crippen molar-refractivity contribution < 1.29 is 28.6 Å². The number of ether oxygens (including phenoxy) is 1. The Bertz CT molecular complexity index is 1200. The van der Waals surface area contributed by atoms with Gasteiger partial charge in [0.25, 0.3) is 5.91 Å². The Balaban J connectivity index is 1.37. The molecule has 0 aliphatic carbocycles. The third-order valence-corrected chi connectivity index (χ3v) is 5.97. The number of para-hydroxylation sites is 1. The Morgan fingerprint density at radius 1 is 1.09 bits per heavy atom. The van der Waals surface area contributed by atoms with Gasteiger partial charge in [-0.15, -0.1) is 0 Å². The molecule has 2 heterocycles. The van der Waals surface area contributed by atoms with Crippen LogP contribution < -0.4 is 15.0 Å². The number of methoxy groups -OCH3 is 1. The summed E-state index contributed by atoms with van der Waals surface area (Å²) in [5.74, 6) is -0.392. The molecule has 1 aliphatic rings. The molecular formula is C25H27N3O6. The van der Waals surface area contributed by atoms with E-state index < -0.39 is 18.6 Å². The zero-order valence-electron chi connectivity index (χ0n) is 19.1. The molecule has 9 nitrogen and oxygen atoms in total. The number of aliphatic hydroxyl groups is 1. The third-order valence-electron chi connectivity index (χ3n) is 5.97. The van der Waals surface area contributed by atoms with Crippen molar-refractivity contribution >= 4 is 34.3 Å². The van der Waals surface area contributed by atoms with E-state index in [1.54, 1.807) is 41.3 Å². The van der Waals surface area contributed by atoms with Gasteiger partial charge in [0.05, 0.1) is 13.7 Å². The molecule has 0 unspecified atom stereocenters. The molecule has 0 spiro atoms. The highest BCUT2D eigenvalue weighted by atomic mass is 16.5. The number of anilines is 1. The van der Waals surface area contributed by atoms with E-state index in [-0.39, 0.29) is 17.5 Å². The lowest BCUT2D eigenvalue weighted by atomic mass is 10.1. The van der Waals surface area contributed by atoms with Crippen molar-refractivity contribution in [3.8, 4) is 5.75 Å². The maximum absolute atomic E-state index is 13.0. The Kier molecular flexibility index (Phi) is 6.83. The quantitative estimate of drug-likeness (QED) is 0.514. The van der Waals surface area contributed by atoms with Crippen LogP contribution in [0.1, 0.15) is 27.8 Å². The van der Waals surface area contributed by atoms with E-state index in [9.17, 15) is 19.5 Å². The summed E-state index contributed by atoms with van der Waals surface area (Å²) in [6.07, 6.45) is 0. The van der Waals surface area contributed by atoms with Crippen molar-refractivity contribution in [3.63, 3.8) is 0 Å². The molecule has 34 heavy (non-hydrogen) atoms. The van der Waals surface area contributed by atoms with Crippen molar-refractivity contribution in [2.75, 3.05) is 44.8 Å². The molecule has 4 rings (SSSR count). The van der Waals surface area contributed by atoms with Gasteiger partial charge in [0.15, 0.2) is 22.9 Å². The normalized spacial score (nSPS) is 14.7. The highest BCUT2D eigenvalue weighted by molar-refractivity contribution is 5.99. The van der Waals surface area contributed by atoms with Crippen LogP contribution in [0.5, 0.6) is 5.75 Å². The van der Waals surface area contributed by atoms with Gasteiger partial charge in [0.2, 0.25) is 5.91 Å². The first-order valence-corrected chi connectivity index (χ1v) is 11.0. The van der Waals surface area contributed by atoms with Crippen molar-refractivity contribution in [1.82, 2.24) is 10.2 Å². The van der Waals surface area contributed by atoms with E-state index in [1.807, 2.05) is 12.1 Å². The van der Waals surface area contributed by atoms with Crippen LogP contribution in [0, 0.1) is 0 Å². The van der Waals surface area contributed by atoms with Gasteiger partial charge in [0, 0.05) is 42.8 Å². The third kappa shape index (κ3) is 4.74. The highest BCUT2D eigenvalue weighted by Gasteiger charge is 2.29. The molecule has 0 radical (unpaired) electrons. The van der Waals surface area contributed by atoms with Gasteiger partial charge in [-0.3, -0.25) is 14.4 Å². The van der Waals surface area contributed by atoms with Gasteiger partial charge in [0.1, 0.15) is 6.04 Å². The molecule has 2 N–H and O–H groups in total. The summed E-state index contributed by atoms with van der Waals surface area (Å²) in [7, 11) is 1.51. The van der Waals surface area contributed by atoms with Crippen LogP contribution in [0.3, 0.4) is 0 Å². The molecule has 2 amide bonds. The standard InChI is InChI=1S/C25H27N3O6/c1-16(30)17-6-8-19(9-7-17)27-10-12-28(13-11-27)25(32)20(15-29)26-24(31)22-14-18-4-3-5-21(33-2)23(18)34-22/h3-9,14,20,29H,10-13,15H2,1-2H3,(H,26,31)/t20-/m0/s1. The number of nitrogens with zero attached hydrogens (tertiary/aromatic N) is 2. The number of fused-ring (bicyclic) bond motifs is 1. The van der Waals surface area contributed by atoms with Crippen LogP contribution >= 0.6 is 0 Å². The zero-order valence-corrected chi connectivity index (χ0v) is 19.1. The van der Waals surface area contributed by atoms with Crippen molar-refractivity contribution in [1.29, 1.82) is 0 Å². The van der Waals surface area contributed by atoms with Crippen molar-refractivity contribution in [2.24, 2.45) is 0 Å². The summed E-state index contributed by atoms with van der Waals surface area (Å²) in [5.41, 5.74) is 2.07. The van der Waals surface area contributed by atoms with E-state index in [1.165, 1.54) is 14.0 Å². The molecule has 178 valence electrons. The number of nitrogens with one attached hydrogen (secondary N) is 1. The van der Waals surface area contributed by atoms with Gasteiger partial charge in [-0.2, -0.15) is 0 Å². The molecular weight excluding hydrogens is 438 g/mol. The average Bonchev–Trinajstić information content (AvgIpc) is 3.32. The molecule has 1 fully saturated rings. The Morgan fingerprint density at radius 2 is 1.79 bits per heavy atom.